The number of nitrogens with two attached hydrogens (primary N) is 1. The van der Waals surface area contributed by atoms with Gasteiger partial charge in [-0.1, -0.05) is 19.3 Å². The number of hydrogen-bond acceptors (Lipinski definition) is 5. The number of nitrogens with zero attached hydrogens (tertiary/aromatic N) is 4. The summed E-state index contributed by atoms with van der Waals surface area (Å²) < 4.78 is 1.84. The van der Waals surface area contributed by atoms with Crippen molar-refractivity contribution >= 4 is 17.0 Å². The molecule has 1 saturated carbocycles. The minimum absolute atomic E-state index is 0.0340. The van der Waals surface area contributed by atoms with Gasteiger partial charge in [-0.25, -0.2) is 4.98 Å². The van der Waals surface area contributed by atoms with Crippen LogP contribution in [0.25, 0.3) is 22.2 Å². The number of aromatic amines is 1. The van der Waals surface area contributed by atoms with E-state index in [4.69, 9.17) is 5.73 Å². The van der Waals surface area contributed by atoms with Gasteiger partial charge in [0.25, 0.3) is 5.56 Å². The molecule has 0 bridgehead atoms. The molecule has 0 saturated heterocycles. The highest BCUT2D eigenvalue weighted by molar-refractivity contribution is 5.83. The molecule has 0 amide bonds. The summed E-state index contributed by atoms with van der Waals surface area (Å²) in [4.78, 5) is 21.9. The lowest BCUT2D eigenvalue weighted by Gasteiger charge is -2.26. The van der Waals surface area contributed by atoms with Crippen molar-refractivity contribution in [2.24, 2.45) is 0 Å². The minimum Gasteiger partial charge on any atom is -0.368 e. The van der Waals surface area contributed by atoms with Crippen molar-refractivity contribution in [2.45, 2.75) is 45.1 Å². The van der Waals surface area contributed by atoms with Gasteiger partial charge in [-0.2, -0.15) is 10.1 Å². The molecule has 0 unspecified atom stereocenters. The Bertz CT molecular complexity index is 938. The Morgan fingerprint density at radius 2 is 2.04 bits per heavy atom. The molecular weight excluding hydrogens is 304 g/mol. The van der Waals surface area contributed by atoms with Gasteiger partial charge in [0.2, 0.25) is 5.95 Å². The van der Waals surface area contributed by atoms with Crippen molar-refractivity contribution in [3.05, 3.63) is 34.5 Å². The number of aryl methyl sites for hydroxylation is 1. The second kappa shape index (κ2) is 5.74. The molecule has 3 heterocycles. The van der Waals surface area contributed by atoms with Crippen molar-refractivity contribution in [2.75, 3.05) is 5.73 Å². The fourth-order valence-electron chi connectivity index (χ4n) is 3.66. The van der Waals surface area contributed by atoms with E-state index in [1.165, 1.54) is 6.42 Å². The highest BCUT2D eigenvalue weighted by atomic mass is 16.1. The second-order valence-corrected chi connectivity index (χ2v) is 6.42. The van der Waals surface area contributed by atoms with E-state index < -0.39 is 0 Å². The molecule has 24 heavy (non-hydrogen) atoms. The normalized spacial score (nSPS) is 15.9. The summed E-state index contributed by atoms with van der Waals surface area (Å²) in [6.07, 6.45) is 8.88. The molecule has 4 rings (SSSR count). The lowest BCUT2D eigenvalue weighted by Crippen LogP contribution is -2.29. The van der Waals surface area contributed by atoms with Gasteiger partial charge in [-0.3, -0.25) is 14.5 Å². The van der Waals surface area contributed by atoms with Gasteiger partial charge in [0.1, 0.15) is 5.65 Å². The summed E-state index contributed by atoms with van der Waals surface area (Å²) in [5.41, 5.74) is 8.65. The Labute approximate surface area is 138 Å². The van der Waals surface area contributed by atoms with Crippen molar-refractivity contribution < 1.29 is 0 Å². The number of anilines is 1. The third-order valence-electron chi connectivity index (χ3n) is 4.85. The van der Waals surface area contributed by atoms with Crippen LogP contribution in [0.3, 0.4) is 0 Å². The molecular formula is C17H20N6O. The van der Waals surface area contributed by atoms with Crippen LogP contribution >= 0.6 is 0 Å². The van der Waals surface area contributed by atoms with Gasteiger partial charge in [0.15, 0.2) is 0 Å². The topological polar surface area (TPSA) is 102 Å². The fourth-order valence-corrected chi connectivity index (χ4v) is 3.66. The number of fused-ring (bicyclic) bond motifs is 1. The number of nitrogens with one attached hydrogen (secondary N) is 1. The van der Waals surface area contributed by atoms with Crippen LogP contribution in [0.5, 0.6) is 0 Å². The molecule has 1 aliphatic rings. The standard InChI is InChI=1S/C17H20N6O/c1-10-13-7-14(11-8-19-20-9-11)16(24)23(12-5-3-2-4-6-12)15(13)22-17(18)21-10/h7-9,12H,2-6H2,1H3,(H,19,20)(H2,18,21,22). The first-order valence-corrected chi connectivity index (χ1v) is 8.33. The van der Waals surface area contributed by atoms with Crippen LogP contribution in [0.1, 0.15) is 43.8 Å². The summed E-state index contributed by atoms with van der Waals surface area (Å²) in [6, 6.07) is 2.02. The third kappa shape index (κ3) is 2.36. The third-order valence-corrected chi connectivity index (χ3v) is 4.85. The highest BCUT2D eigenvalue weighted by Crippen LogP contribution is 2.31. The van der Waals surface area contributed by atoms with Crippen LogP contribution in [0.2, 0.25) is 0 Å². The number of nitrogen functional groups attached to an aromatic ring is 1. The summed E-state index contributed by atoms with van der Waals surface area (Å²) in [7, 11) is 0. The van der Waals surface area contributed by atoms with Crippen molar-refractivity contribution in [3.8, 4) is 11.1 Å². The zero-order chi connectivity index (χ0) is 16.7. The molecule has 7 nitrogen and oxygen atoms in total. The minimum atomic E-state index is -0.0340. The van der Waals surface area contributed by atoms with E-state index in [-0.39, 0.29) is 17.5 Å². The molecule has 0 atom stereocenters. The summed E-state index contributed by atoms with van der Waals surface area (Å²) in [5, 5.41) is 7.62. The molecule has 3 N–H and O–H groups in total. The van der Waals surface area contributed by atoms with E-state index in [0.717, 1.165) is 42.3 Å². The molecule has 1 aliphatic carbocycles. The van der Waals surface area contributed by atoms with Crippen molar-refractivity contribution in [1.29, 1.82) is 0 Å². The maximum Gasteiger partial charge on any atom is 0.260 e. The quantitative estimate of drug-likeness (QED) is 0.754. The maximum atomic E-state index is 13.2. The monoisotopic (exact) mass is 324 g/mol. The predicted molar refractivity (Wildman–Crippen MR) is 92.7 cm³/mol. The molecule has 124 valence electrons. The van der Waals surface area contributed by atoms with E-state index in [1.807, 2.05) is 17.6 Å². The fraction of sp³-hybridized carbons (Fsp3) is 0.412. The lowest BCUT2D eigenvalue weighted by atomic mass is 9.94. The summed E-state index contributed by atoms with van der Waals surface area (Å²) in [5.74, 6) is 0.208. The van der Waals surface area contributed by atoms with Gasteiger partial charge in [-0.05, 0) is 25.8 Å². The highest BCUT2D eigenvalue weighted by Gasteiger charge is 2.23. The van der Waals surface area contributed by atoms with Crippen LogP contribution in [-0.4, -0.2) is 24.7 Å². The molecule has 0 spiro atoms. The Kier molecular flexibility index (Phi) is 3.55. The van der Waals surface area contributed by atoms with Crippen LogP contribution in [0.4, 0.5) is 5.95 Å². The van der Waals surface area contributed by atoms with E-state index in [0.29, 0.717) is 11.2 Å². The molecule has 3 aromatic heterocycles. The number of aromatic nitrogens is 5. The van der Waals surface area contributed by atoms with Crippen LogP contribution in [0, 0.1) is 6.92 Å². The Morgan fingerprint density at radius 1 is 1.25 bits per heavy atom. The van der Waals surface area contributed by atoms with Crippen LogP contribution in [0.15, 0.2) is 23.3 Å². The van der Waals surface area contributed by atoms with Crippen LogP contribution in [-0.2, 0) is 0 Å². The molecule has 1 fully saturated rings. The Hall–Kier alpha value is -2.70. The van der Waals surface area contributed by atoms with E-state index in [9.17, 15) is 4.79 Å². The second-order valence-electron chi connectivity index (χ2n) is 6.42. The van der Waals surface area contributed by atoms with E-state index in [2.05, 4.69) is 20.2 Å². The van der Waals surface area contributed by atoms with Gasteiger partial charge < -0.3 is 5.73 Å². The first-order chi connectivity index (χ1) is 11.6. The van der Waals surface area contributed by atoms with Gasteiger partial charge in [0, 0.05) is 23.2 Å². The molecule has 0 aliphatic heterocycles. The first kappa shape index (κ1) is 14.9. The average molecular weight is 324 g/mol. The first-order valence-electron chi connectivity index (χ1n) is 8.33. The maximum absolute atomic E-state index is 13.2. The summed E-state index contributed by atoms with van der Waals surface area (Å²) in [6.45, 7) is 1.90. The molecule has 7 heteroatoms. The Balaban J connectivity index is 2.06. The number of H-pyrrole nitrogens is 1. The SMILES string of the molecule is Cc1nc(N)nc2c1cc(-c1cn[nH]c1)c(=O)n2C1CCCCC1. The van der Waals surface area contributed by atoms with Crippen molar-refractivity contribution in [3.63, 3.8) is 0 Å². The summed E-state index contributed by atoms with van der Waals surface area (Å²) >= 11 is 0. The largest absolute Gasteiger partial charge is 0.368 e. The smallest absolute Gasteiger partial charge is 0.260 e. The van der Waals surface area contributed by atoms with Gasteiger partial charge in [-0.15, -0.1) is 0 Å². The lowest BCUT2D eigenvalue weighted by molar-refractivity contribution is 0.353. The van der Waals surface area contributed by atoms with Gasteiger partial charge in [0.05, 0.1) is 17.5 Å². The molecule has 0 aromatic carbocycles. The zero-order valence-electron chi connectivity index (χ0n) is 13.6. The average Bonchev–Trinajstić information content (AvgIpc) is 3.09. The van der Waals surface area contributed by atoms with Gasteiger partial charge >= 0.3 is 0 Å². The molecule has 0 radical (unpaired) electrons. The number of pyridine rings is 1. The van der Waals surface area contributed by atoms with E-state index >= 15 is 0 Å². The number of rotatable bonds is 2. The number of hydrogen-bond donors (Lipinski definition) is 2. The van der Waals surface area contributed by atoms with Crippen molar-refractivity contribution in [1.82, 2.24) is 24.7 Å². The van der Waals surface area contributed by atoms with Crippen LogP contribution < -0.4 is 11.3 Å². The van der Waals surface area contributed by atoms with E-state index in [1.54, 1.807) is 12.4 Å². The molecule has 3 aromatic rings. The zero-order valence-corrected chi connectivity index (χ0v) is 13.6. The predicted octanol–water partition coefficient (Wildman–Crippen LogP) is 2.58. The Morgan fingerprint density at radius 3 is 2.75 bits per heavy atom.